The molecule has 0 atom stereocenters. The number of benzene rings is 2. The van der Waals surface area contributed by atoms with E-state index in [2.05, 4.69) is 5.32 Å². The van der Waals surface area contributed by atoms with Crippen molar-refractivity contribution in [2.45, 2.75) is 20.4 Å². The van der Waals surface area contributed by atoms with E-state index in [1.165, 1.54) is 16.7 Å². The van der Waals surface area contributed by atoms with E-state index in [1.807, 2.05) is 32.0 Å². The molecule has 0 bridgehead atoms. The van der Waals surface area contributed by atoms with Gasteiger partial charge in [0.05, 0.1) is 12.1 Å². The Morgan fingerprint density at radius 1 is 0.964 bits per heavy atom. The monoisotopic (exact) mass is 375 g/mol. The van der Waals surface area contributed by atoms with E-state index in [4.69, 9.17) is 5.73 Å². The molecular weight excluding hydrogens is 354 g/mol. The molecule has 2 aromatic carbocycles. The van der Waals surface area contributed by atoms with Gasteiger partial charge in [-0.3, -0.25) is 14.4 Å². The third-order valence-corrected chi connectivity index (χ3v) is 4.52. The van der Waals surface area contributed by atoms with Crippen LogP contribution in [0.25, 0.3) is 0 Å². The van der Waals surface area contributed by atoms with Gasteiger partial charge in [0.1, 0.15) is 0 Å². The molecule has 2 amide bonds. The molecule has 0 unspecified atom stereocenters. The first-order chi connectivity index (χ1) is 13.3. The Kier molecular flexibility index (Phi) is 5.40. The molecule has 0 spiro atoms. The van der Waals surface area contributed by atoms with Gasteiger partial charge in [0, 0.05) is 23.5 Å². The van der Waals surface area contributed by atoms with Crippen LogP contribution < -0.4 is 16.6 Å². The molecule has 0 fully saturated rings. The van der Waals surface area contributed by atoms with E-state index in [1.54, 1.807) is 30.5 Å². The first-order valence-corrected chi connectivity index (χ1v) is 8.81. The first-order valence-electron chi connectivity index (χ1n) is 8.81. The fraction of sp³-hybridized carbons (Fsp3) is 0.136. The van der Waals surface area contributed by atoms with Crippen LogP contribution in [0, 0.1) is 13.8 Å². The highest BCUT2D eigenvalue weighted by molar-refractivity contribution is 6.04. The Labute approximate surface area is 162 Å². The molecule has 1 aromatic heterocycles. The predicted molar refractivity (Wildman–Crippen MR) is 109 cm³/mol. The van der Waals surface area contributed by atoms with Gasteiger partial charge in [0.15, 0.2) is 0 Å². The Hall–Kier alpha value is -3.67. The summed E-state index contributed by atoms with van der Waals surface area (Å²) >= 11 is 0. The quantitative estimate of drug-likeness (QED) is 0.718. The van der Waals surface area contributed by atoms with Gasteiger partial charge in [0.2, 0.25) is 5.91 Å². The highest BCUT2D eigenvalue weighted by Gasteiger charge is 2.10. The van der Waals surface area contributed by atoms with Gasteiger partial charge in [-0.05, 0) is 55.3 Å². The summed E-state index contributed by atoms with van der Waals surface area (Å²) in [6.45, 7) is 4.38. The fourth-order valence-corrected chi connectivity index (χ4v) is 2.86. The number of rotatable bonds is 5. The van der Waals surface area contributed by atoms with Crippen molar-refractivity contribution in [1.29, 1.82) is 0 Å². The number of aromatic nitrogens is 1. The maximum Gasteiger partial charge on any atom is 0.257 e. The standard InChI is InChI=1S/C22H21N3O3/c1-14-3-4-15(2)18(11-14)13-25-12-17(7-10-20(25)26)22(28)24-19-8-5-16(6-9-19)21(23)27/h3-12H,13H2,1-2H3,(H2,23,27)(H,24,28). The fourth-order valence-electron chi connectivity index (χ4n) is 2.86. The predicted octanol–water partition coefficient (Wildman–Crippen LogP) is 2.86. The lowest BCUT2D eigenvalue weighted by atomic mass is 10.1. The van der Waals surface area contributed by atoms with Crippen LogP contribution in [0.5, 0.6) is 0 Å². The lowest BCUT2D eigenvalue weighted by molar-refractivity contribution is 0.0998. The summed E-state index contributed by atoms with van der Waals surface area (Å²) < 4.78 is 1.52. The van der Waals surface area contributed by atoms with E-state index in [-0.39, 0.29) is 11.5 Å². The summed E-state index contributed by atoms with van der Waals surface area (Å²) in [4.78, 5) is 35.9. The molecule has 3 N–H and O–H groups in total. The lowest BCUT2D eigenvalue weighted by Gasteiger charge is -2.12. The Morgan fingerprint density at radius 2 is 1.64 bits per heavy atom. The minimum atomic E-state index is -0.531. The Morgan fingerprint density at radius 3 is 2.32 bits per heavy atom. The molecule has 6 nitrogen and oxygen atoms in total. The topological polar surface area (TPSA) is 94.2 Å². The third kappa shape index (κ3) is 4.35. The largest absolute Gasteiger partial charge is 0.366 e. The summed E-state index contributed by atoms with van der Waals surface area (Å²) in [7, 11) is 0. The van der Waals surface area contributed by atoms with Gasteiger partial charge in [-0.15, -0.1) is 0 Å². The van der Waals surface area contributed by atoms with Crippen molar-refractivity contribution in [1.82, 2.24) is 4.57 Å². The smallest absolute Gasteiger partial charge is 0.257 e. The molecule has 0 aliphatic heterocycles. The number of anilines is 1. The number of amides is 2. The van der Waals surface area contributed by atoms with Crippen molar-refractivity contribution in [2.24, 2.45) is 5.73 Å². The summed E-state index contributed by atoms with van der Waals surface area (Å²) in [5.74, 6) is -0.877. The maximum absolute atomic E-state index is 12.6. The van der Waals surface area contributed by atoms with Crippen LogP contribution in [0.3, 0.4) is 0 Å². The van der Waals surface area contributed by atoms with Crippen LogP contribution in [-0.4, -0.2) is 16.4 Å². The van der Waals surface area contributed by atoms with Crippen molar-refractivity contribution in [3.05, 3.63) is 99.0 Å². The van der Waals surface area contributed by atoms with Crippen molar-refractivity contribution in [3.8, 4) is 0 Å². The van der Waals surface area contributed by atoms with Crippen molar-refractivity contribution in [2.75, 3.05) is 5.32 Å². The average Bonchev–Trinajstić information content (AvgIpc) is 2.66. The number of nitrogens with one attached hydrogen (secondary N) is 1. The van der Waals surface area contributed by atoms with Gasteiger partial charge in [-0.1, -0.05) is 23.8 Å². The molecule has 0 aliphatic carbocycles. The van der Waals surface area contributed by atoms with Crippen LogP contribution in [0.4, 0.5) is 5.69 Å². The van der Waals surface area contributed by atoms with Crippen LogP contribution in [0.2, 0.25) is 0 Å². The molecule has 0 saturated heterocycles. The first kappa shape index (κ1) is 19.1. The van der Waals surface area contributed by atoms with Crippen LogP contribution in [-0.2, 0) is 6.54 Å². The number of hydrogen-bond donors (Lipinski definition) is 2. The summed E-state index contributed by atoms with van der Waals surface area (Å²) in [6.07, 6.45) is 1.55. The number of primary amides is 1. The molecule has 3 rings (SSSR count). The normalized spacial score (nSPS) is 10.5. The number of carbonyl (C=O) groups is 2. The number of nitrogens with two attached hydrogens (primary N) is 1. The minimum absolute atomic E-state index is 0.178. The summed E-state index contributed by atoms with van der Waals surface area (Å²) in [5, 5.41) is 2.75. The van der Waals surface area contributed by atoms with Crippen molar-refractivity contribution >= 4 is 17.5 Å². The molecule has 6 heteroatoms. The van der Waals surface area contributed by atoms with Gasteiger partial charge in [-0.25, -0.2) is 0 Å². The Bertz CT molecular complexity index is 1100. The zero-order valence-corrected chi connectivity index (χ0v) is 15.7. The van der Waals surface area contributed by atoms with E-state index >= 15 is 0 Å². The lowest BCUT2D eigenvalue weighted by Crippen LogP contribution is -2.23. The van der Waals surface area contributed by atoms with Crippen molar-refractivity contribution in [3.63, 3.8) is 0 Å². The number of carbonyl (C=O) groups excluding carboxylic acids is 2. The molecule has 28 heavy (non-hydrogen) atoms. The molecule has 3 aromatic rings. The van der Waals surface area contributed by atoms with Gasteiger partial charge >= 0.3 is 0 Å². The molecular formula is C22H21N3O3. The van der Waals surface area contributed by atoms with Crippen LogP contribution >= 0.6 is 0 Å². The second kappa shape index (κ2) is 7.92. The number of aryl methyl sites for hydroxylation is 2. The zero-order chi connectivity index (χ0) is 20.3. The summed E-state index contributed by atoms with van der Waals surface area (Å²) in [5.41, 5.74) is 9.52. The number of nitrogens with zero attached hydrogens (tertiary/aromatic N) is 1. The van der Waals surface area contributed by atoms with Crippen molar-refractivity contribution < 1.29 is 9.59 Å². The third-order valence-electron chi connectivity index (χ3n) is 4.52. The average molecular weight is 375 g/mol. The highest BCUT2D eigenvalue weighted by Crippen LogP contribution is 2.13. The molecule has 142 valence electrons. The molecule has 1 heterocycles. The van der Waals surface area contributed by atoms with E-state index in [9.17, 15) is 14.4 Å². The molecule has 0 saturated carbocycles. The minimum Gasteiger partial charge on any atom is -0.366 e. The zero-order valence-electron chi connectivity index (χ0n) is 15.7. The molecule has 0 radical (unpaired) electrons. The summed E-state index contributed by atoms with van der Waals surface area (Å²) in [6, 6.07) is 15.2. The number of pyridine rings is 1. The van der Waals surface area contributed by atoms with Gasteiger partial charge in [-0.2, -0.15) is 0 Å². The second-order valence-corrected chi connectivity index (χ2v) is 6.71. The van der Waals surface area contributed by atoms with Crippen LogP contribution in [0.1, 0.15) is 37.4 Å². The SMILES string of the molecule is Cc1ccc(C)c(Cn2cc(C(=O)Nc3ccc(C(N)=O)cc3)ccc2=O)c1. The van der Waals surface area contributed by atoms with E-state index in [0.29, 0.717) is 23.4 Å². The van der Waals surface area contributed by atoms with Crippen LogP contribution in [0.15, 0.2) is 65.6 Å². The maximum atomic E-state index is 12.6. The van der Waals surface area contributed by atoms with Gasteiger partial charge in [0.25, 0.3) is 11.5 Å². The number of hydrogen-bond acceptors (Lipinski definition) is 3. The highest BCUT2D eigenvalue weighted by atomic mass is 16.2. The Balaban J connectivity index is 1.82. The van der Waals surface area contributed by atoms with E-state index in [0.717, 1.165) is 16.7 Å². The second-order valence-electron chi connectivity index (χ2n) is 6.71. The van der Waals surface area contributed by atoms with Gasteiger partial charge < -0.3 is 15.6 Å². The molecule has 0 aliphatic rings. The van der Waals surface area contributed by atoms with E-state index < -0.39 is 5.91 Å².